The molecule has 0 aromatic heterocycles. The number of halogens is 1. The maximum Gasteiger partial charge on any atom is 0.150 e. The summed E-state index contributed by atoms with van der Waals surface area (Å²) in [6.45, 7) is 2.10. The summed E-state index contributed by atoms with van der Waals surface area (Å²) in [4.78, 5) is 0. The summed E-state index contributed by atoms with van der Waals surface area (Å²) in [7, 11) is -2.92. The van der Waals surface area contributed by atoms with Gasteiger partial charge in [0.1, 0.15) is 9.84 Å². The van der Waals surface area contributed by atoms with Crippen LogP contribution in [0.4, 0.5) is 0 Å². The Morgan fingerprint density at radius 1 is 1.25 bits per heavy atom. The standard InChI is InChI=1S/C15H22ClNO2S/c1-11(12-6-8-13(16)9-7-12)17-14-4-3-5-15(10-14)20(2,18)19/h6-9,11,14-15,17H,3-5,10H2,1-2H3/t11-,14?,15?/m0/s1. The quantitative estimate of drug-likeness (QED) is 0.927. The van der Waals surface area contributed by atoms with Crippen molar-refractivity contribution in [2.45, 2.75) is 49.9 Å². The fraction of sp³-hybridized carbons (Fsp3) is 0.600. The highest BCUT2D eigenvalue weighted by Gasteiger charge is 2.29. The molecule has 0 radical (unpaired) electrons. The lowest BCUT2D eigenvalue weighted by Gasteiger charge is -2.31. The first kappa shape index (κ1) is 15.8. The van der Waals surface area contributed by atoms with Crippen molar-refractivity contribution in [3.63, 3.8) is 0 Å². The van der Waals surface area contributed by atoms with Crippen LogP contribution in [0.25, 0.3) is 0 Å². The molecular weight excluding hydrogens is 294 g/mol. The van der Waals surface area contributed by atoms with E-state index in [0.717, 1.165) is 30.7 Å². The molecule has 112 valence electrons. The molecule has 1 aliphatic carbocycles. The third-order valence-corrected chi connectivity index (χ3v) is 5.98. The van der Waals surface area contributed by atoms with Crippen molar-refractivity contribution in [2.24, 2.45) is 0 Å². The van der Waals surface area contributed by atoms with Crippen molar-refractivity contribution in [1.29, 1.82) is 0 Å². The summed E-state index contributed by atoms with van der Waals surface area (Å²) in [6.07, 6.45) is 4.89. The lowest BCUT2D eigenvalue weighted by atomic mass is 9.93. The topological polar surface area (TPSA) is 46.2 Å². The number of nitrogens with one attached hydrogen (secondary N) is 1. The second-order valence-corrected chi connectivity index (χ2v) is 8.52. The molecular formula is C15H22ClNO2S. The molecule has 1 N–H and O–H groups in total. The van der Waals surface area contributed by atoms with E-state index in [0.29, 0.717) is 0 Å². The monoisotopic (exact) mass is 315 g/mol. The Morgan fingerprint density at radius 3 is 2.50 bits per heavy atom. The molecule has 0 amide bonds. The number of hydrogen-bond donors (Lipinski definition) is 1. The maximum absolute atomic E-state index is 11.7. The van der Waals surface area contributed by atoms with Crippen LogP contribution in [0.5, 0.6) is 0 Å². The number of rotatable bonds is 4. The molecule has 1 fully saturated rings. The second-order valence-electron chi connectivity index (χ2n) is 5.75. The lowest BCUT2D eigenvalue weighted by Crippen LogP contribution is -2.39. The van der Waals surface area contributed by atoms with E-state index in [1.165, 1.54) is 11.8 Å². The fourth-order valence-corrected chi connectivity index (χ4v) is 4.19. The minimum atomic E-state index is -2.92. The van der Waals surface area contributed by atoms with Crippen molar-refractivity contribution < 1.29 is 8.42 Å². The van der Waals surface area contributed by atoms with Crippen molar-refractivity contribution in [2.75, 3.05) is 6.26 Å². The third-order valence-electron chi connectivity index (χ3n) is 4.09. The smallest absolute Gasteiger partial charge is 0.150 e. The molecule has 0 saturated heterocycles. The SMILES string of the molecule is C[C@H](NC1CCCC(S(C)(=O)=O)C1)c1ccc(Cl)cc1. The van der Waals surface area contributed by atoms with Crippen LogP contribution in [-0.4, -0.2) is 26.0 Å². The Labute approximate surface area is 126 Å². The van der Waals surface area contributed by atoms with Crippen LogP contribution >= 0.6 is 11.6 Å². The highest BCUT2D eigenvalue weighted by Crippen LogP contribution is 2.26. The number of sulfone groups is 1. The third kappa shape index (κ3) is 4.21. The average molecular weight is 316 g/mol. The molecule has 2 unspecified atom stereocenters. The molecule has 1 aromatic carbocycles. The minimum Gasteiger partial charge on any atom is -0.307 e. The van der Waals surface area contributed by atoms with Gasteiger partial charge in [-0.2, -0.15) is 0 Å². The Bertz CT molecular complexity index is 541. The summed E-state index contributed by atoms with van der Waals surface area (Å²) in [5.41, 5.74) is 1.18. The summed E-state index contributed by atoms with van der Waals surface area (Å²) in [5, 5.41) is 4.09. The summed E-state index contributed by atoms with van der Waals surface area (Å²) >= 11 is 5.89. The van der Waals surface area contributed by atoms with Crippen LogP contribution in [0.3, 0.4) is 0 Å². The van der Waals surface area contributed by atoms with Gasteiger partial charge < -0.3 is 5.32 Å². The molecule has 1 aliphatic rings. The largest absolute Gasteiger partial charge is 0.307 e. The van der Waals surface area contributed by atoms with E-state index in [1.54, 1.807) is 0 Å². The van der Waals surface area contributed by atoms with Crippen LogP contribution < -0.4 is 5.32 Å². The molecule has 0 spiro atoms. The van der Waals surface area contributed by atoms with Gasteiger partial charge in [-0.15, -0.1) is 0 Å². The van der Waals surface area contributed by atoms with Crippen LogP contribution in [0, 0.1) is 0 Å². The van der Waals surface area contributed by atoms with Gasteiger partial charge in [0, 0.05) is 23.4 Å². The maximum atomic E-state index is 11.7. The molecule has 1 aromatic rings. The lowest BCUT2D eigenvalue weighted by molar-refractivity contribution is 0.346. The van der Waals surface area contributed by atoms with Gasteiger partial charge in [0.05, 0.1) is 5.25 Å². The Balaban J connectivity index is 1.97. The van der Waals surface area contributed by atoms with E-state index < -0.39 is 9.84 Å². The van der Waals surface area contributed by atoms with E-state index >= 15 is 0 Å². The molecule has 1 saturated carbocycles. The van der Waals surface area contributed by atoms with Crippen molar-refractivity contribution in [1.82, 2.24) is 5.32 Å². The predicted octanol–water partition coefficient (Wildman–Crippen LogP) is 3.35. The van der Waals surface area contributed by atoms with Crippen LogP contribution in [-0.2, 0) is 9.84 Å². The number of benzene rings is 1. The van der Waals surface area contributed by atoms with Crippen molar-refractivity contribution in [3.05, 3.63) is 34.9 Å². The van der Waals surface area contributed by atoms with Gasteiger partial charge in [-0.3, -0.25) is 0 Å². The zero-order valence-corrected chi connectivity index (χ0v) is 13.5. The van der Waals surface area contributed by atoms with E-state index in [1.807, 2.05) is 24.3 Å². The van der Waals surface area contributed by atoms with Crippen LogP contribution in [0.1, 0.15) is 44.2 Å². The Kier molecular flexibility index (Phi) is 5.10. The van der Waals surface area contributed by atoms with E-state index in [9.17, 15) is 8.42 Å². The van der Waals surface area contributed by atoms with Gasteiger partial charge in [0.15, 0.2) is 0 Å². The molecule has 3 atom stereocenters. The van der Waals surface area contributed by atoms with Crippen LogP contribution in [0.15, 0.2) is 24.3 Å². The molecule has 0 bridgehead atoms. The first-order valence-corrected chi connectivity index (χ1v) is 9.40. The second kappa shape index (κ2) is 6.46. The Hall–Kier alpha value is -0.580. The fourth-order valence-electron chi connectivity index (χ4n) is 2.89. The molecule has 2 rings (SSSR count). The molecule has 0 heterocycles. The number of hydrogen-bond acceptors (Lipinski definition) is 3. The van der Waals surface area contributed by atoms with Crippen molar-refractivity contribution in [3.8, 4) is 0 Å². The van der Waals surface area contributed by atoms with E-state index in [2.05, 4.69) is 12.2 Å². The first-order chi connectivity index (χ1) is 9.36. The van der Waals surface area contributed by atoms with Gasteiger partial charge in [-0.25, -0.2) is 8.42 Å². The minimum absolute atomic E-state index is 0.189. The zero-order chi connectivity index (χ0) is 14.8. The first-order valence-electron chi connectivity index (χ1n) is 7.06. The summed E-state index contributed by atoms with van der Waals surface area (Å²) in [6, 6.07) is 8.27. The Morgan fingerprint density at radius 2 is 1.90 bits per heavy atom. The predicted molar refractivity (Wildman–Crippen MR) is 83.9 cm³/mol. The molecule has 5 heteroatoms. The summed E-state index contributed by atoms with van der Waals surface area (Å²) in [5.74, 6) is 0. The van der Waals surface area contributed by atoms with Crippen molar-refractivity contribution >= 4 is 21.4 Å². The summed E-state index contributed by atoms with van der Waals surface area (Å²) < 4.78 is 23.4. The zero-order valence-electron chi connectivity index (χ0n) is 12.0. The molecule has 0 aliphatic heterocycles. The molecule has 3 nitrogen and oxygen atoms in total. The van der Waals surface area contributed by atoms with Gasteiger partial charge in [0.2, 0.25) is 0 Å². The molecule has 20 heavy (non-hydrogen) atoms. The normalized spacial score (nSPS) is 25.4. The van der Waals surface area contributed by atoms with Gasteiger partial charge >= 0.3 is 0 Å². The van der Waals surface area contributed by atoms with E-state index in [-0.39, 0.29) is 17.3 Å². The van der Waals surface area contributed by atoms with Gasteiger partial charge in [-0.1, -0.05) is 30.2 Å². The van der Waals surface area contributed by atoms with Gasteiger partial charge in [0.25, 0.3) is 0 Å². The highest BCUT2D eigenvalue weighted by atomic mass is 35.5. The van der Waals surface area contributed by atoms with E-state index in [4.69, 9.17) is 11.6 Å². The van der Waals surface area contributed by atoms with Gasteiger partial charge in [-0.05, 0) is 43.9 Å². The van der Waals surface area contributed by atoms with Crippen LogP contribution in [0.2, 0.25) is 5.02 Å². The average Bonchev–Trinajstić information content (AvgIpc) is 2.38. The highest BCUT2D eigenvalue weighted by molar-refractivity contribution is 7.91.